The molecule has 0 radical (unpaired) electrons. The number of nitrogens with one attached hydrogen (secondary N) is 1. The molecule has 2 heterocycles. The monoisotopic (exact) mass is 341 g/mol. The number of aryl methyl sites for hydroxylation is 2. The van der Waals surface area contributed by atoms with Crippen LogP contribution in [-0.4, -0.2) is 19.6 Å². The van der Waals surface area contributed by atoms with E-state index in [1.807, 2.05) is 30.3 Å². The van der Waals surface area contributed by atoms with Gasteiger partial charge in [-0.15, -0.1) is 0 Å². The van der Waals surface area contributed by atoms with Gasteiger partial charge in [0.15, 0.2) is 0 Å². The van der Waals surface area contributed by atoms with E-state index in [1.54, 1.807) is 0 Å². The first kappa shape index (κ1) is 15.0. The highest BCUT2D eigenvalue weighted by molar-refractivity contribution is 6.09. The van der Waals surface area contributed by atoms with Crippen LogP contribution in [0, 0.1) is 6.92 Å². The number of phenols is 1. The number of hydrogen-bond donors (Lipinski definition) is 2. The maximum atomic E-state index is 10.7. The molecule has 0 amide bonds. The third-order valence-corrected chi connectivity index (χ3v) is 5.10. The van der Waals surface area contributed by atoms with Crippen LogP contribution in [0.1, 0.15) is 12.5 Å². The quantitative estimate of drug-likeness (QED) is 0.453. The summed E-state index contributed by atoms with van der Waals surface area (Å²) in [5.41, 5.74) is 6.08. The summed E-state index contributed by atoms with van der Waals surface area (Å²) < 4.78 is 2.28. The minimum absolute atomic E-state index is 0.243. The summed E-state index contributed by atoms with van der Waals surface area (Å²) in [6, 6.07) is 18.3. The Kier molecular flexibility index (Phi) is 3.10. The topological polar surface area (TPSA) is 53.8 Å². The number of phenolic OH excluding ortho intramolecular Hbond substituents is 1. The highest BCUT2D eigenvalue weighted by Crippen LogP contribution is 2.37. The Morgan fingerprint density at radius 2 is 1.85 bits per heavy atom. The Morgan fingerprint density at radius 1 is 1.00 bits per heavy atom. The van der Waals surface area contributed by atoms with Crippen molar-refractivity contribution in [2.75, 3.05) is 0 Å². The molecule has 0 aliphatic carbocycles. The molecule has 0 aliphatic heterocycles. The molecule has 26 heavy (non-hydrogen) atoms. The number of nitrogens with zero attached hydrogens (tertiary/aromatic N) is 2. The van der Waals surface area contributed by atoms with Crippen molar-refractivity contribution >= 4 is 32.8 Å². The van der Waals surface area contributed by atoms with E-state index in [-0.39, 0.29) is 5.75 Å². The second-order valence-electron chi connectivity index (χ2n) is 6.75. The van der Waals surface area contributed by atoms with E-state index in [4.69, 9.17) is 0 Å². The van der Waals surface area contributed by atoms with Crippen molar-refractivity contribution in [1.82, 2.24) is 14.5 Å². The van der Waals surface area contributed by atoms with Gasteiger partial charge >= 0.3 is 0 Å². The normalized spacial score (nSPS) is 11.8. The fraction of sp³-hybridized carbons (Fsp3) is 0.136. The summed E-state index contributed by atoms with van der Waals surface area (Å²) in [7, 11) is 0. The third kappa shape index (κ3) is 2.05. The standard InChI is InChI=1S/C22H19N3O/c1-3-25-19-7-5-4-6-14(19)15-12-21(26)16(11-20(15)25)22-23-17-9-8-13(2)10-18(17)24-22/h4-12,26H,3H2,1-2H3,(H,23,24). The van der Waals surface area contributed by atoms with Crippen LogP contribution in [0.5, 0.6) is 5.75 Å². The second-order valence-corrected chi connectivity index (χ2v) is 6.75. The van der Waals surface area contributed by atoms with Crippen LogP contribution < -0.4 is 0 Å². The molecule has 0 saturated heterocycles. The van der Waals surface area contributed by atoms with Crippen molar-refractivity contribution in [1.29, 1.82) is 0 Å². The minimum atomic E-state index is 0.243. The smallest absolute Gasteiger partial charge is 0.142 e. The molecule has 4 nitrogen and oxygen atoms in total. The lowest BCUT2D eigenvalue weighted by Gasteiger charge is -2.06. The largest absolute Gasteiger partial charge is 0.507 e. The first-order valence-corrected chi connectivity index (χ1v) is 8.86. The van der Waals surface area contributed by atoms with Gasteiger partial charge in [0.2, 0.25) is 0 Å². The average molecular weight is 341 g/mol. The summed E-state index contributed by atoms with van der Waals surface area (Å²) in [5.74, 6) is 0.935. The Labute approximate surface area is 150 Å². The van der Waals surface area contributed by atoms with E-state index in [1.165, 1.54) is 11.1 Å². The van der Waals surface area contributed by atoms with Gasteiger partial charge in [0.1, 0.15) is 11.6 Å². The Hall–Kier alpha value is -3.27. The summed E-state index contributed by atoms with van der Waals surface area (Å²) in [6.07, 6.45) is 0. The summed E-state index contributed by atoms with van der Waals surface area (Å²) >= 11 is 0. The van der Waals surface area contributed by atoms with Crippen molar-refractivity contribution in [3.05, 3.63) is 60.2 Å². The van der Waals surface area contributed by atoms with E-state index >= 15 is 0 Å². The number of hydrogen-bond acceptors (Lipinski definition) is 2. The Bertz CT molecular complexity index is 1290. The third-order valence-electron chi connectivity index (χ3n) is 5.10. The number of H-pyrrole nitrogens is 1. The summed E-state index contributed by atoms with van der Waals surface area (Å²) in [4.78, 5) is 8.03. The highest BCUT2D eigenvalue weighted by atomic mass is 16.3. The van der Waals surface area contributed by atoms with Gasteiger partial charge < -0.3 is 14.7 Å². The van der Waals surface area contributed by atoms with E-state index < -0.39 is 0 Å². The molecule has 2 aromatic heterocycles. The van der Waals surface area contributed by atoms with Crippen LogP contribution in [0.4, 0.5) is 0 Å². The van der Waals surface area contributed by atoms with Crippen molar-refractivity contribution in [3.8, 4) is 17.1 Å². The van der Waals surface area contributed by atoms with Crippen molar-refractivity contribution in [2.24, 2.45) is 0 Å². The predicted molar refractivity (Wildman–Crippen MR) is 107 cm³/mol. The van der Waals surface area contributed by atoms with E-state index in [0.717, 1.165) is 39.4 Å². The van der Waals surface area contributed by atoms with Crippen molar-refractivity contribution in [3.63, 3.8) is 0 Å². The lowest BCUT2D eigenvalue weighted by molar-refractivity contribution is 0.478. The van der Waals surface area contributed by atoms with Crippen LogP contribution in [0.2, 0.25) is 0 Å². The highest BCUT2D eigenvalue weighted by Gasteiger charge is 2.16. The van der Waals surface area contributed by atoms with E-state index in [2.05, 4.69) is 52.6 Å². The molecule has 0 aliphatic rings. The van der Waals surface area contributed by atoms with Crippen molar-refractivity contribution in [2.45, 2.75) is 20.4 Å². The first-order valence-electron chi connectivity index (χ1n) is 8.86. The van der Waals surface area contributed by atoms with Gasteiger partial charge in [-0.1, -0.05) is 24.3 Å². The number of aromatic amines is 1. The SMILES string of the molecule is CCn1c2ccccc2c2cc(O)c(-c3nc4ccc(C)cc4[nH]3)cc21. The molecular weight excluding hydrogens is 322 g/mol. The maximum absolute atomic E-state index is 10.7. The van der Waals surface area contributed by atoms with Gasteiger partial charge in [0, 0.05) is 22.8 Å². The van der Waals surface area contributed by atoms with Crippen LogP contribution in [0.3, 0.4) is 0 Å². The van der Waals surface area contributed by atoms with Crippen molar-refractivity contribution < 1.29 is 5.11 Å². The molecule has 2 N–H and O–H groups in total. The summed E-state index contributed by atoms with van der Waals surface area (Å²) in [6.45, 7) is 5.07. The number of para-hydroxylation sites is 1. The first-order chi connectivity index (χ1) is 12.7. The van der Waals surface area contributed by atoms with Gasteiger partial charge in [-0.25, -0.2) is 4.98 Å². The maximum Gasteiger partial charge on any atom is 0.142 e. The zero-order valence-electron chi connectivity index (χ0n) is 14.7. The van der Waals surface area contributed by atoms with Gasteiger partial charge in [-0.3, -0.25) is 0 Å². The molecule has 5 rings (SSSR count). The van der Waals surface area contributed by atoms with Gasteiger partial charge in [0.25, 0.3) is 0 Å². The number of aromatic nitrogens is 3. The molecule has 0 atom stereocenters. The minimum Gasteiger partial charge on any atom is -0.507 e. The lowest BCUT2D eigenvalue weighted by Crippen LogP contribution is -1.93. The fourth-order valence-electron chi connectivity index (χ4n) is 3.86. The molecule has 0 fully saturated rings. The molecule has 0 saturated carbocycles. The molecule has 0 unspecified atom stereocenters. The second kappa shape index (κ2) is 5.36. The van der Waals surface area contributed by atoms with Crippen LogP contribution >= 0.6 is 0 Å². The lowest BCUT2D eigenvalue weighted by atomic mass is 10.1. The molecule has 5 aromatic rings. The number of aromatic hydroxyl groups is 1. The molecular formula is C22H19N3O. The molecule has 0 bridgehead atoms. The van der Waals surface area contributed by atoms with Gasteiger partial charge in [-0.05, 0) is 49.7 Å². The fourth-order valence-corrected chi connectivity index (χ4v) is 3.86. The molecule has 128 valence electrons. The molecule has 4 heteroatoms. The molecule has 0 spiro atoms. The number of imidazole rings is 1. The number of benzene rings is 3. The Morgan fingerprint density at radius 3 is 2.69 bits per heavy atom. The van der Waals surface area contributed by atoms with E-state index in [9.17, 15) is 5.11 Å². The zero-order valence-corrected chi connectivity index (χ0v) is 14.7. The average Bonchev–Trinajstić information content (AvgIpc) is 3.19. The number of fused-ring (bicyclic) bond motifs is 4. The summed E-state index contributed by atoms with van der Waals surface area (Å²) in [5, 5.41) is 12.9. The van der Waals surface area contributed by atoms with Crippen LogP contribution in [0.25, 0.3) is 44.2 Å². The predicted octanol–water partition coefficient (Wildman–Crippen LogP) is 5.37. The van der Waals surface area contributed by atoms with E-state index in [0.29, 0.717) is 5.82 Å². The zero-order chi connectivity index (χ0) is 17.8. The number of rotatable bonds is 2. The Balaban J connectivity index is 1.82. The molecule has 3 aromatic carbocycles. The van der Waals surface area contributed by atoms with Crippen LogP contribution in [0.15, 0.2) is 54.6 Å². The van der Waals surface area contributed by atoms with Crippen LogP contribution in [-0.2, 0) is 6.54 Å². The van der Waals surface area contributed by atoms with Gasteiger partial charge in [-0.2, -0.15) is 0 Å². The van der Waals surface area contributed by atoms with Gasteiger partial charge in [0.05, 0.1) is 22.1 Å².